The molecule has 3 aromatic carbocycles. The first-order valence-corrected chi connectivity index (χ1v) is 10.7. The normalized spacial score (nSPS) is 10.6. The summed E-state index contributed by atoms with van der Waals surface area (Å²) in [6, 6.07) is 18.9. The van der Waals surface area contributed by atoms with Gasteiger partial charge in [0, 0.05) is 11.6 Å². The molecular weight excluding hydrogens is 452 g/mol. The third-order valence-electron chi connectivity index (χ3n) is 5.25. The van der Waals surface area contributed by atoms with Gasteiger partial charge in [-0.3, -0.25) is 4.79 Å². The zero-order chi connectivity index (χ0) is 24.8. The second kappa shape index (κ2) is 10.6. The van der Waals surface area contributed by atoms with Crippen molar-refractivity contribution in [3.63, 3.8) is 0 Å². The van der Waals surface area contributed by atoms with Gasteiger partial charge in [-0.25, -0.2) is 4.79 Å². The number of rotatable bonds is 9. The van der Waals surface area contributed by atoms with Crippen LogP contribution < -0.4 is 24.4 Å². The number of fused-ring (bicyclic) bond motifs is 1. The molecule has 1 heterocycles. The van der Waals surface area contributed by atoms with Crippen LogP contribution in [0.15, 0.2) is 75.9 Å². The van der Waals surface area contributed by atoms with Crippen molar-refractivity contribution < 1.29 is 32.9 Å². The maximum absolute atomic E-state index is 12.9. The summed E-state index contributed by atoms with van der Waals surface area (Å²) in [6.07, 6.45) is 0. The van der Waals surface area contributed by atoms with E-state index in [0.717, 1.165) is 5.56 Å². The molecule has 0 saturated heterocycles. The van der Waals surface area contributed by atoms with Gasteiger partial charge < -0.3 is 28.1 Å². The third kappa shape index (κ3) is 5.38. The van der Waals surface area contributed by atoms with Gasteiger partial charge in [-0.1, -0.05) is 30.3 Å². The molecule has 0 amide bonds. The van der Waals surface area contributed by atoms with Gasteiger partial charge >= 0.3 is 5.97 Å². The molecule has 0 radical (unpaired) electrons. The van der Waals surface area contributed by atoms with Crippen molar-refractivity contribution in [1.82, 2.24) is 0 Å². The highest BCUT2D eigenvalue weighted by atomic mass is 16.6. The van der Waals surface area contributed by atoms with E-state index in [1.54, 1.807) is 24.3 Å². The molecule has 8 heteroatoms. The summed E-state index contributed by atoms with van der Waals surface area (Å²) < 4.78 is 32.8. The van der Waals surface area contributed by atoms with Gasteiger partial charge in [-0.05, 0) is 35.9 Å². The molecule has 1 aromatic heterocycles. The van der Waals surface area contributed by atoms with Crippen molar-refractivity contribution >= 4 is 16.9 Å². The van der Waals surface area contributed by atoms with Crippen molar-refractivity contribution in [2.45, 2.75) is 6.61 Å². The topological polar surface area (TPSA) is 93.4 Å². The summed E-state index contributed by atoms with van der Waals surface area (Å²) >= 11 is 0. The Bertz CT molecular complexity index is 1370. The quantitative estimate of drug-likeness (QED) is 0.324. The van der Waals surface area contributed by atoms with Crippen LogP contribution in [-0.2, 0) is 16.1 Å². The Kier molecular flexibility index (Phi) is 7.21. The lowest BCUT2D eigenvalue weighted by Crippen LogP contribution is -2.14. The van der Waals surface area contributed by atoms with Gasteiger partial charge in [0.1, 0.15) is 23.7 Å². The van der Waals surface area contributed by atoms with Crippen LogP contribution in [0, 0.1) is 0 Å². The number of carbonyl (C=O) groups excluding carboxylic acids is 1. The fraction of sp³-hybridized carbons (Fsp3) is 0.185. The van der Waals surface area contributed by atoms with Crippen LogP contribution in [0.1, 0.15) is 5.56 Å². The number of benzene rings is 3. The van der Waals surface area contributed by atoms with E-state index in [1.165, 1.54) is 33.5 Å². The Morgan fingerprint density at radius 3 is 2.23 bits per heavy atom. The maximum Gasteiger partial charge on any atom is 0.344 e. The fourth-order valence-electron chi connectivity index (χ4n) is 3.51. The van der Waals surface area contributed by atoms with Crippen molar-refractivity contribution in [2.24, 2.45) is 0 Å². The number of ether oxygens (including phenoxy) is 5. The molecule has 4 aromatic rings. The molecule has 0 bridgehead atoms. The molecule has 180 valence electrons. The predicted octanol–water partition coefficient (Wildman–Crippen LogP) is 4.61. The van der Waals surface area contributed by atoms with E-state index in [4.69, 9.17) is 28.1 Å². The predicted molar refractivity (Wildman–Crippen MR) is 129 cm³/mol. The molecule has 0 aliphatic heterocycles. The minimum absolute atomic E-state index is 0.161. The summed E-state index contributed by atoms with van der Waals surface area (Å²) in [6.45, 7) is -0.124. The Morgan fingerprint density at radius 2 is 1.57 bits per heavy atom. The number of hydrogen-bond acceptors (Lipinski definition) is 8. The number of esters is 1. The molecule has 8 nitrogen and oxygen atoms in total. The molecule has 0 atom stereocenters. The summed E-state index contributed by atoms with van der Waals surface area (Å²) in [5.41, 5.74) is 1.56. The van der Waals surface area contributed by atoms with Gasteiger partial charge in [-0.15, -0.1) is 0 Å². The lowest BCUT2D eigenvalue weighted by Gasteiger charge is -2.14. The first-order chi connectivity index (χ1) is 17.0. The van der Waals surface area contributed by atoms with Crippen molar-refractivity contribution in [2.75, 3.05) is 27.9 Å². The van der Waals surface area contributed by atoms with Crippen molar-refractivity contribution in [3.05, 3.63) is 82.5 Å². The fourth-order valence-corrected chi connectivity index (χ4v) is 3.51. The molecule has 0 spiro atoms. The van der Waals surface area contributed by atoms with E-state index in [2.05, 4.69) is 0 Å². The number of carbonyl (C=O) groups is 1. The zero-order valence-electron chi connectivity index (χ0n) is 19.5. The summed E-state index contributed by atoms with van der Waals surface area (Å²) in [4.78, 5) is 24.9. The van der Waals surface area contributed by atoms with E-state index < -0.39 is 5.97 Å². The molecule has 0 fully saturated rings. The summed E-state index contributed by atoms with van der Waals surface area (Å²) in [5, 5.41) is 0.316. The van der Waals surface area contributed by atoms with Crippen LogP contribution in [0.5, 0.6) is 23.0 Å². The second-order valence-corrected chi connectivity index (χ2v) is 7.48. The highest BCUT2D eigenvalue weighted by molar-refractivity contribution is 5.81. The van der Waals surface area contributed by atoms with Crippen LogP contribution in [0.4, 0.5) is 0 Å². The van der Waals surface area contributed by atoms with Gasteiger partial charge in [0.05, 0.1) is 26.7 Å². The van der Waals surface area contributed by atoms with Gasteiger partial charge in [0.15, 0.2) is 23.5 Å². The van der Waals surface area contributed by atoms with E-state index in [1.807, 2.05) is 30.3 Å². The lowest BCUT2D eigenvalue weighted by atomic mass is 10.1. The SMILES string of the molecule is COc1cc(-c2cc(=O)c3cc(OCC(=O)OCc4ccccc4)ccc3o2)cc(OC)c1OC. The Morgan fingerprint density at radius 1 is 0.857 bits per heavy atom. The lowest BCUT2D eigenvalue weighted by molar-refractivity contribution is -0.147. The second-order valence-electron chi connectivity index (χ2n) is 7.48. The average molecular weight is 476 g/mol. The van der Waals surface area contributed by atoms with Crippen LogP contribution in [0.2, 0.25) is 0 Å². The van der Waals surface area contributed by atoms with Crippen LogP contribution >= 0.6 is 0 Å². The summed E-state index contributed by atoms with van der Waals surface area (Å²) in [5.74, 6) is 1.48. The molecule has 0 aliphatic carbocycles. The molecule has 0 saturated carbocycles. The number of methoxy groups -OCH3 is 3. The van der Waals surface area contributed by atoms with Gasteiger partial charge in [0.2, 0.25) is 5.75 Å². The van der Waals surface area contributed by atoms with Crippen LogP contribution in [0.25, 0.3) is 22.3 Å². The third-order valence-corrected chi connectivity index (χ3v) is 5.25. The van der Waals surface area contributed by atoms with Crippen LogP contribution in [0.3, 0.4) is 0 Å². The smallest absolute Gasteiger partial charge is 0.344 e. The molecule has 0 aliphatic rings. The minimum atomic E-state index is -0.515. The molecule has 0 N–H and O–H groups in total. The number of hydrogen-bond donors (Lipinski definition) is 0. The largest absolute Gasteiger partial charge is 0.493 e. The highest BCUT2D eigenvalue weighted by Gasteiger charge is 2.17. The maximum atomic E-state index is 12.9. The van der Waals surface area contributed by atoms with E-state index in [9.17, 15) is 9.59 Å². The first kappa shape index (κ1) is 23.7. The van der Waals surface area contributed by atoms with E-state index in [0.29, 0.717) is 45.3 Å². The van der Waals surface area contributed by atoms with Crippen molar-refractivity contribution in [1.29, 1.82) is 0 Å². The molecule has 4 rings (SSSR count). The van der Waals surface area contributed by atoms with Crippen molar-refractivity contribution in [3.8, 4) is 34.3 Å². The zero-order valence-corrected chi connectivity index (χ0v) is 19.5. The molecule has 0 unspecified atom stereocenters. The Balaban J connectivity index is 1.52. The Labute approximate surface area is 201 Å². The monoisotopic (exact) mass is 476 g/mol. The average Bonchev–Trinajstić information content (AvgIpc) is 2.90. The van der Waals surface area contributed by atoms with Crippen LogP contribution in [-0.4, -0.2) is 33.9 Å². The standard InChI is InChI=1S/C27H24O8/c1-30-24-11-18(12-25(31-2)27(24)32-3)23-14-21(28)20-13-19(9-10-22(20)35-23)33-16-26(29)34-15-17-7-5-4-6-8-17/h4-14H,15-16H2,1-3H3. The highest BCUT2D eigenvalue weighted by Crippen LogP contribution is 2.41. The first-order valence-electron chi connectivity index (χ1n) is 10.7. The molecular formula is C27H24O8. The van der Waals surface area contributed by atoms with Gasteiger partial charge in [-0.2, -0.15) is 0 Å². The Hall–Kier alpha value is -4.46. The summed E-state index contributed by atoms with van der Waals surface area (Å²) in [7, 11) is 4.53. The van der Waals surface area contributed by atoms with Gasteiger partial charge in [0.25, 0.3) is 0 Å². The minimum Gasteiger partial charge on any atom is -0.493 e. The molecule has 35 heavy (non-hydrogen) atoms. The van der Waals surface area contributed by atoms with E-state index >= 15 is 0 Å². The van der Waals surface area contributed by atoms with E-state index in [-0.39, 0.29) is 18.6 Å².